The van der Waals surface area contributed by atoms with Crippen LogP contribution in [0, 0.1) is 5.92 Å². The Morgan fingerprint density at radius 2 is 1.53 bits per heavy atom. The average molecular weight is 524 g/mol. The molecule has 0 aromatic heterocycles. The van der Waals surface area contributed by atoms with Gasteiger partial charge in [-0.15, -0.1) is 0 Å². The van der Waals surface area contributed by atoms with Crippen LogP contribution >= 0.6 is 11.8 Å². The van der Waals surface area contributed by atoms with Gasteiger partial charge in [0.25, 0.3) is 0 Å². The maximum Gasteiger partial charge on any atom is 0.326 e. The van der Waals surface area contributed by atoms with E-state index in [-0.39, 0.29) is 25.2 Å². The second kappa shape index (κ2) is 15.8. The molecule has 0 aliphatic rings. The van der Waals surface area contributed by atoms with Crippen molar-refractivity contribution in [2.75, 3.05) is 12.0 Å². The molecule has 200 valence electrons. The summed E-state index contributed by atoms with van der Waals surface area (Å²) in [5.41, 5.74) is 11.8. The SMILES string of the molecule is CSCCC(N)C(=O)NC(C(=O)NC(CCC(N)=O)C(=O)NC(Cc1ccccc1)C(=O)O)C(C)C. The first kappa shape index (κ1) is 30.9. The van der Waals surface area contributed by atoms with Crippen molar-refractivity contribution in [3.63, 3.8) is 0 Å². The molecule has 0 aliphatic heterocycles. The Kier molecular flexibility index (Phi) is 13.6. The summed E-state index contributed by atoms with van der Waals surface area (Å²) >= 11 is 1.54. The highest BCUT2D eigenvalue weighted by Crippen LogP contribution is 2.08. The van der Waals surface area contributed by atoms with E-state index in [0.717, 1.165) is 0 Å². The normalized spacial score (nSPS) is 14.2. The fraction of sp³-hybridized carbons (Fsp3) is 0.542. The summed E-state index contributed by atoms with van der Waals surface area (Å²) in [4.78, 5) is 61.6. The standard InChI is InChI=1S/C24H37N5O6S/c1-14(2)20(29-21(31)16(25)11-12-36-3)23(33)27-17(9-10-19(26)30)22(32)28-18(24(34)35)13-15-7-5-4-6-8-15/h4-8,14,16-18,20H,9-13,25H2,1-3H3,(H2,26,30)(H,27,33)(H,28,32)(H,29,31)(H,34,35). The molecule has 11 nitrogen and oxygen atoms in total. The van der Waals surface area contributed by atoms with Crippen LogP contribution in [0.25, 0.3) is 0 Å². The number of benzene rings is 1. The molecular formula is C24H37N5O6S. The van der Waals surface area contributed by atoms with Crippen molar-refractivity contribution in [1.29, 1.82) is 0 Å². The summed E-state index contributed by atoms with van der Waals surface area (Å²) in [5.74, 6) is -3.53. The van der Waals surface area contributed by atoms with Gasteiger partial charge in [0.05, 0.1) is 6.04 Å². The number of hydrogen-bond acceptors (Lipinski definition) is 7. The van der Waals surface area contributed by atoms with Gasteiger partial charge in [0.15, 0.2) is 0 Å². The van der Waals surface area contributed by atoms with Gasteiger partial charge in [0, 0.05) is 12.8 Å². The molecule has 0 heterocycles. The van der Waals surface area contributed by atoms with Crippen molar-refractivity contribution in [2.45, 2.75) is 63.7 Å². The first-order valence-electron chi connectivity index (χ1n) is 11.7. The molecule has 0 fully saturated rings. The summed E-state index contributed by atoms with van der Waals surface area (Å²) in [6.45, 7) is 3.44. The van der Waals surface area contributed by atoms with Gasteiger partial charge >= 0.3 is 5.97 Å². The first-order valence-corrected chi connectivity index (χ1v) is 13.1. The summed E-state index contributed by atoms with van der Waals surface area (Å²) in [5, 5.41) is 17.2. The number of hydrogen-bond donors (Lipinski definition) is 6. The number of aliphatic carboxylic acids is 1. The monoisotopic (exact) mass is 523 g/mol. The molecule has 4 atom stereocenters. The Morgan fingerprint density at radius 3 is 2.06 bits per heavy atom. The van der Waals surface area contributed by atoms with E-state index in [1.54, 1.807) is 55.9 Å². The predicted octanol–water partition coefficient (Wildman–Crippen LogP) is -0.230. The van der Waals surface area contributed by atoms with E-state index in [1.807, 2.05) is 6.26 Å². The number of amides is 4. The van der Waals surface area contributed by atoms with Gasteiger partial charge in [0.1, 0.15) is 18.1 Å². The molecule has 4 amide bonds. The number of primary amides is 1. The Balaban J connectivity index is 2.98. The molecule has 12 heteroatoms. The maximum absolute atomic E-state index is 13.0. The molecule has 1 aromatic carbocycles. The topological polar surface area (TPSA) is 194 Å². The highest BCUT2D eigenvalue weighted by molar-refractivity contribution is 7.98. The quantitative estimate of drug-likeness (QED) is 0.171. The minimum Gasteiger partial charge on any atom is -0.480 e. The Labute approximate surface area is 215 Å². The molecule has 1 aromatic rings. The van der Waals surface area contributed by atoms with E-state index >= 15 is 0 Å². The molecule has 4 unspecified atom stereocenters. The van der Waals surface area contributed by atoms with Crippen LogP contribution in [0.5, 0.6) is 0 Å². The van der Waals surface area contributed by atoms with Crippen LogP contribution in [0.3, 0.4) is 0 Å². The number of carboxylic acids is 1. The number of carbonyl (C=O) groups excluding carboxylic acids is 4. The minimum absolute atomic E-state index is 0.0248. The third-order valence-corrected chi connectivity index (χ3v) is 6.07. The summed E-state index contributed by atoms with van der Waals surface area (Å²) in [7, 11) is 0. The number of carbonyl (C=O) groups is 5. The van der Waals surface area contributed by atoms with E-state index in [2.05, 4.69) is 16.0 Å². The molecule has 0 saturated heterocycles. The lowest BCUT2D eigenvalue weighted by molar-refractivity contribution is -0.142. The Hall–Kier alpha value is -3.12. The molecule has 36 heavy (non-hydrogen) atoms. The van der Waals surface area contributed by atoms with E-state index < -0.39 is 53.8 Å². The van der Waals surface area contributed by atoms with Crippen molar-refractivity contribution >= 4 is 41.4 Å². The number of thioether (sulfide) groups is 1. The minimum atomic E-state index is -1.26. The highest BCUT2D eigenvalue weighted by atomic mass is 32.2. The molecule has 0 radical (unpaired) electrons. The maximum atomic E-state index is 13.0. The van der Waals surface area contributed by atoms with Crippen molar-refractivity contribution < 1.29 is 29.1 Å². The largest absolute Gasteiger partial charge is 0.480 e. The van der Waals surface area contributed by atoms with Crippen LogP contribution in [0.2, 0.25) is 0 Å². The number of carboxylic acid groups (broad SMARTS) is 1. The molecule has 1 rings (SSSR count). The van der Waals surface area contributed by atoms with E-state index in [0.29, 0.717) is 17.7 Å². The molecule has 8 N–H and O–H groups in total. The van der Waals surface area contributed by atoms with Crippen molar-refractivity contribution in [3.05, 3.63) is 35.9 Å². The average Bonchev–Trinajstić information content (AvgIpc) is 2.82. The third kappa shape index (κ3) is 11.1. The number of rotatable bonds is 16. The van der Waals surface area contributed by atoms with E-state index in [4.69, 9.17) is 11.5 Å². The lowest BCUT2D eigenvalue weighted by atomic mass is 10.0. The van der Waals surface area contributed by atoms with E-state index in [9.17, 15) is 29.1 Å². The Morgan fingerprint density at radius 1 is 0.917 bits per heavy atom. The van der Waals surface area contributed by atoms with Crippen LogP contribution in [0.4, 0.5) is 0 Å². The van der Waals surface area contributed by atoms with Gasteiger partial charge < -0.3 is 32.5 Å². The van der Waals surface area contributed by atoms with Crippen LogP contribution in [-0.4, -0.2) is 70.9 Å². The van der Waals surface area contributed by atoms with Gasteiger partial charge in [0.2, 0.25) is 23.6 Å². The molecular weight excluding hydrogens is 486 g/mol. The lowest BCUT2D eigenvalue weighted by Gasteiger charge is -2.27. The van der Waals surface area contributed by atoms with Gasteiger partial charge in [-0.2, -0.15) is 11.8 Å². The van der Waals surface area contributed by atoms with Crippen LogP contribution in [0.1, 0.15) is 38.7 Å². The lowest BCUT2D eigenvalue weighted by Crippen LogP contribution is -2.58. The fourth-order valence-electron chi connectivity index (χ4n) is 3.31. The molecule has 0 aliphatic carbocycles. The fourth-order valence-corrected chi connectivity index (χ4v) is 3.80. The highest BCUT2D eigenvalue weighted by Gasteiger charge is 2.31. The van der Waals surface area contributed by atoms with Crippen molar-refractivity contribution in [2.24, 2.45) is 17.4 Å². The van der Waals surface area contributed by atoms with Crippen LogP contribution in [-0.2, 0) is 30.4 Å². The van der Waals surface area contributed by atoms with Crippen LogP contribution in [0.15, 0.2) is 30.3 Å². The zero-order valence-electron chi connectivity index (χ0n) is 20.9. The van der Waals surface area contributed by atoms with Crippen LogP contribution < -0.4 is 27.4 Å². The number of nitrogens with two attached hydrogens (primary N) is 2. The zero-order chi connectivity index (χ0) is 27.3. The summed E-state index contributed by atoms with van der Waals surface area (Å²) in [6, 6.07) is 4.44. The first-order chi connectivity index (χ1) is 17.0. The van der Waals surface area contributed by atoms with Gasteiger partial charge in [-0.25, -0.2) is 4.79 Å². The third-order valence-electron chi connectivity index (χ3n) is 5.43. The van der Waals surface area contributed by atoms with E-state index in [1.165, 1.54) is 0 Å². The Bertz CT molecular complexity index is 898. The van der Waals surface area contributed by atoms with Crippen molar-refractivity contribution in [3.8, 4) is 0 Å². The molecule has 0 saturated carbocycles. The smallest absolute Gasteiger partial charge is 0.326 e. The van der Waals surface area contributed by atoms with Gasteiger partial charge in [-0.3, -0.25) is 19.2 Å². The molecule has 0 bridgehead atoms. The van der Waals surface area contributed by atoms with Gasteiger partial charge in [-0.1, -0.05) is 44.2 Å². The zero-order valence-corrected chi connectivity index (χ0v) is 21.7. The predicted molar refractivity (Wildman–Crippen MR) is 138 cm³/mol. The summed E-state index contributed by atoms with van der Waals surface area (Å²) in [6.07, 6.45) is 1.99. The summed E-state index contributed by atoms with van der Waals surface area (Å²) < 4.78 is 0. The second-order valence-electron chi connectivity index (χ2n) is 8.77. The van der Waals surface area contributed by atoms with Crippen molar-refractivity contribution in [1.82, 2.24) is 16.0 Å². The molecule has 0 spiro atoms. The number of nitrogens with one attached hydrogen (secondary N) is 3. The second-order valence-corrected chi connectivity index (χ2v) is 9.76. The van der Waals surface area contributed by atoms with Gasteiger partial charge in [-0.05, 0) is 36.3 Å².